The number of allylic oxidation sites excluding steroid dienone is 5. The molecule has 3 fully saturated rings. The molecule has 4 aliphatic carbocycles. The molecule has 1 aromatic rings. The topological polar surface area (TPSA) is 216 Å². The minimum Gasteiger partial charge on any atom is -0.459 e. The van der Waals surface area contributed by atoms with Gasteiger partial charge >= 0.3 is 5.97 Å². The number of epoxide rings is 1. The Bertz CT molecular complexity index is 2760. The summed E-state index contributed by atoms with van der Waals surface area (Å²) in [6.45, 7) is 8.62. The predicted octanol–water partition coefficient (Wildman–Crippen LogP) is 6.56. The average molecular weight is 1050 g/mol. The smallest absolute Gasteiger partial charge is 0.350 e. The van der Waals surface area contributed by atoms with E-state index in [0.29, 0.717) is 55.5 Å². The molecule has 12 rings (SSSR count). The maximum atomic E-state index is 16.1. The summed E-state index contributed by atoms with van der Waals surface area (Å²) in [5.41, 5.74) is 8.64. The van der Waals surface area contributed by atoms with Gasteiger partial charge in [0.15, 0.2) is 17.3 Å². The number of hydrogen-bond donors (Lipinski definition) is 9. The van der Waals surface area contributed by atoms with E-state index in [0.717, 1.165) is 112 Å². The van der Waals surface area contributed by atoms with E-state index in [2.05, 4.69) is 93.4 Å². The average Bonchev–Trinajstić information content (AvgIpc) is 4.34. The third kappa shape index (κ3) is 9.67. The fourth-order valence-corrected chi connectivity index (χ4v) is 16.1. The minimum atomic E-state index is -2.20. The van der Waals surface area contributed by atoms with Crippen molar-refractivity contribution >= 4 is 23.5 Å². The van der Waals surface area contributed by atoms with Crippen LogP contribution in [0.25, 0.3) is 0 Å². The number of carbonyl (C=O) groups is 3. The first kappa shape index (κ1) is 53.7. The van der Waals surface area contributed by atoms with Crippen molar-refractivity contribution in [2.24, 2.45) is 45.7 Å². The SMILES string of the molecule is CCN[C@@H]1C=C2C=CC[C@H]3[C@@H]4CCC[C@@](C)(CC5=CNC(N)C=C5)Cc5cccc6c5C(=O)[C@]5(O[C@@]5(C/C=C(\C)C[C@]5(C7=CCNC8=C7CC[C@H](NC)N8)CCCNC(=NC)N5)C6=O)C(=O)O[C@@H](CCCO)[C@@H]1[C@@H](CC4)[C@@H]23. The number of aliphatic hydroxyl groups is 1. The van der Waals surface area contributed by atoms with Gasteiger partial charge in [-0.2, -0.15) is 0 Å². The molecule has 0 aromatic heterocycles. The third-order valence-electron chi connectivity index (χ3n) is 19.6. The summed E-state index contributed by atoms with van der Waals surface area (Å²) in [4.78, 5) is 52.5. The molecular weight excluding hydrogens is 967 g/mol. The molecule has 11 aliphatic rings. The van der Waals surface area contributed by atoms with Crippen LogP contribution in [0.4, 0.5) is 0 Å². The lowest BCUT2D eigenvalue weighted by Crippen LogP contribution is -2.56. The molecule has 7 heterocycles. The number of carbonyl (C=O) groups excluding carboxylic acids is 3. The van der Waals surface area contributed by atoms with Gasteiger partial charge in [0.25, 0.3) is 5.60 Å². The lowest BCUT2D eigenvalue weighted by molar-refractivity contribution is -0.160. The Morgan fingerprint density at radius 1 is 1.05 bits per heavy atom. The third-order valence-corrected chi connectivity index (χ3v) is 19.6. The van der Waals surface area contributed by atoms with Gasteiger partial charge in [-0.15, -0.1) is 0 Å². The molecule has 2 saturated heterocycles. The van der Waals surface area contributed by atoms with E-state index in [1.54, 1.807) is 13.1 Å². The minimum absolute atomic E-state index is 0.00940. The van der Waals surface area contributed by atoms with Crippen molar-refractivity contribution in [2.75, 3.05) is 40.3 Å². The number of aliphatic hydroxyl groups excluding tert-OH is 1. The normalized spacial score (nSPS) is 38.0. The Morgan fingerprint density at radius 3 is 2.71 bits per heavy atom. The molecule has 13 atom stereocenters. The standard InChI is InChI=1S/C62H85N9O6/c1-6-66-47-32-40-12-7-15-42-39-14-9-26-59(3,34-38-18-22-49(63)69-36-38)35-41-13-8-16-45-52(41)55(74)62(57(75)76-48(17-10-31-72)53(47)44(20-19-39)51(40)42)61(77-62,54(45)73)28-24-37(2)33-60(27-11-29-68-58(65-5)71-60)46-25-30-67-56-43(46)21-23-50(64-4)70-56/h7-8,12-13,16,18,22,24-25,32,36,39,42,44,47-51,53,64,66-67,69-70,72H,6,9-11,14-15,17,19-21,23,26-31,33-35,63H2,1-5H3,(H2,65,68,71)/b37-24+/t39-,42+,44+,47-,48+,49?,50-,51+,53-,59+,60+,61+,62+/m1/s1. The van der Waals surface area contributed by atoms with E-state index in [9.17, 15) is 5.11 Å². The van der Waals surface area contributed by atoms with Gasteiger partial charge in [0.05, 0.1) is 17.9 Å². The number of nitrogens with zero attached hydrogens (tertiary/aromatic N) is 1. The number of hydrogen-bond acceptors (Lipinski definition) is 13. The molecule has 1 saturated carbocycles. The number of esters is 1. The van der Waals surface area contributed by atoms with Gasteiger partial charge in [-0.05, 0) is 167 Å². The molecule has 414 valence electrons. The molecule has 10 N–H and O–H groups in total. The number of ether oxygens (including phenoxy) is 2. The molecule has 7 aliphatic heterocycles. The van der Waals surface area contributed by atoms with E-state index in [1.807, 2.05) is 37.5 Å². The summed E-state index contributed by atoms with van der Waals surface area (Å²) in [5, 5.41) is 35.6. The van der Waals surface area contributed by atoms with Crippen LogP contribution in [0, 0.1) is 35.0 Å². The molecule has 15 nitrogen and oxygen atoms in total. The summed E-state index contributed by atoms with van der Waals surface area (Å²) >= 11 is 0. The molecule has 77 heavy (non-hydrogen) atoms. The Kier molecular flexibility index (Phi) is 15.1. The summed E-state index contributed by atoms with van der Waals surface area (Å²) < 4.78 is 13.8. The number of nitrogens with two attached hydrogens (primary N) is 1. The van der Waals surface area contributed by atoms with E-state index in [1.165, 1.54) is 16.7 Å². The van der Waals surface area contributed by atoms with E-state index in [-0.39, 0.29) is 60.0 Å². The van der Waals surface area contributed by atoms with Crippen LogP contribution in [0.3, 0.4) is 0 Å². The van der Waals surface area contributed by atoms with Crippen LogP contribution < -0.4 is 43.0 Å². The van der Waals surface area contributed by atoms with Crippen molar-refractivity contribution in [3.8, 4) is 0 Å². The number of nitrogens with one attached hydrogen (secondary N) is 7. The van der Waals surface area contributed by atoms with Crippen LogP contribution in [0.2, 0.25) is 0 Å². The zero-order chi connectivity index (χ0) is 53.7. The van der Waals surface area contributed by atoms with Crippen molar-refractivity contribution < 1.29 is 29.0 Å². The largest absolute Gasteiger partial charge is 0.459 e. The number of dihydropyridines is 2. The molecule has 0 amide bonds. The van der Waals surface area contributed by atoms with E-state index >= 15 is 14.4 Å². The Hall–Kier alpha value is -5.32. The fourth-order valence-electron chi connectivity index (χ4n) is 16.1. The van der Waals surface area contributed by atoms with Gasteiger partial charge in [0, 0.05) is 62.5 Å². The highest BCUT2D eigenvalue weighted by atomic mass is 16.7. The monoisotopic (exact) mass is 1050 g/mol. The van der Waals surface area contributed by atoms with Crippen LogP contribution in [0.1, 0.15) is 143 Å². The fraction of sp³-hybridized carbons (Fsp3) is 0.613. The number of guanidine groups is 1. The zero-order valence-electron chi connectivity index (χ0n) is 46.2. The highest BCUT2D eigenvalue weighted by molar-refractivity contribution is 6.33. The highest BCUT2D eigenvalue weighted by Gasteiger charge is 2.85. The second-order valence-corrected chi connectivity index (χ2v) is 24.5. The molecule has 6 bridgehead atoms. The van der Waals surface area contributed by atoms with Gasteiger partial charge in [-0.1, -0.05) is 86.9 Å². The number of Topliss-reactive ketones (excluding diaryl/α,β-unsaturated/α-hetero) is 2. The van der Waals surface area contributed by atoms with Gasteiger partial charge in [0.2, 0.25) is 5.78 Å². The van der Waals surface area contributed by atoms with Crippen LogP contribution in [-0.2, 0) is 20.7 Å². The first-order valence-electron chi connectivity index (χ1n) is 29.3. The quantitative estimate of drug-likeness (QED) is 0.0443. The lowest BCUT2D eigenvalue weighted by Gasteiger charge is -2.53. The maximum absolute atomic E-state index is 16.1. The van der Waals surface area contributed by atoms with Gasteiger partial charge < -0.3 is 57.5 Å². The Morgan fingerprint density at radius 2 is 1.92 bits per heavy atom. The summed E-state index contributed by atoms with van der Waals surface area (Å²) in [6, 6.07) is 5.53. The van der Waals surface area contributed by atoms with E-state index < -0.39 is 34.6 Å². The van der Waals surface area contributed by atoms with Crippen molar-refractivity contribution in [1.29, 1.82) is 0 Å². The van der Waals surface area contributed by atoms with Crippen molar-refractivity contribution in [1.82, 2.24) is 37.2 Å². The van der Waals surface area contributed by atoms with Gasteiger partial charge in [0.1, 0.15) is 11.9 Å². The van der Waals surface area contributed by atoms with Crippen LogP contribution >= 0.6 is 0 Å². The lowest BCUT2D eigenvalue weighted by atomic mass is 9.53. The number of rotatable bonds is 13. The van der Waals surface area contributed by atoms with Crippen molar-refractivity contribution in [3.63, 3.8) is 0 Å². The van der Waals surface area contributed by atoms with Crippen LogP contribution in [-0.4, -0.2) is 110 Å². The van der Waals surface area contributed by atoms with Crippen molar-refractivity contribution in [3.05, 3.63) is 117 Å². The number of benzene rings is 1. The summed E-state index contributed by atoms with van der Waals surface area (Å²) in [5.74, 6) is 1.53. The van der Waals surface area contributed by atoms with Crippen LogP contribution in [0.15, 0.2) is 106 Å². The Balaban J connectivity index is 1.01. The highest BCUT2D eigenvalue weighted by Crippen LogP contribution is 2.61. The van der Waals surface area contributed by atoms with Crippen molar-refractivity contribution in [2.45, 2.75) is 165 Å². The van der Waals surface area contributed by atoms with Crippen LogP contribution in [0.5, 0.6) is 0 Å². The number of ketones is 2. The molecule has 1 unspecified atom stereocenters. The molecule has 1 spiro atoms. The number of fused-ring (bicyclic) bond motifs is 7. The van der Waals surface area contributed by atoms with Gasteiger partial charge in [-0.25, -0.2) is 4.79 Å². The molecule has 15 heteroatoms. The predicted molar refractivity (Wildman–Crippen MR) is 300 cm³/mol. The first-order valence-corrected chi connectivity index (χ1v) is 29.3. The second kappa shape index (κ2) is 21.7. The molecule has 1 aromatic carbocycles. The Labute approximate surface area is 456 Å². The summed E-state index contributed by atoms with van der Waals surface area (Å²) in [6.07, 6.45) is 29.2. The van der Waals surface area contributed by atoms with Gasteiger partial charge in [-0.3, -0.25) is 14.6 Å². The first-order chi connectivity index (χ1) is 37.3. The summed E-state index contributed by atoms with van der Waals surface area (Å²) in [7, 11) is 3.78. The maximum Gasteiger partial charge on any atom is 0.350 e. The second-order valence-electron chi connectivity index (χ2n) is 24.5. The zero-order valence-corrected chi connectivity index (χ0v) is 46.2. The van der Waals surface area contributed by atoms with E-state index in [4.69, 9.17) is 15.2 Å². The number of likely N-dealkylation sites (N-methyl/N-ethyl adjacent to an activating group) is 1. The molecule has 0 radical (unpaired) electrons. The number of aliphatic imine (C=N–C) groups is 1. The molecular formula is C62H85N9O6.